The third kappa shape index (κ3) is 2.76. The van der Waals surface area contributed by atoms with Gasteiger partial charge in [0.15, 0.2) is 0 Å². The van der Waals surface area contributed by atoms with Crippen LogP contribution in [0.5, 0.6) is 5.75 Å². The van der Waals surface area contributed by atoms with Gasteiger partial charge < -0.3 is 14.4 Å². The first-order valence-corrected chi connectivity index (χ1v) is 5.90. The molecule has 0 aliphatic carbocycles. The second-order valence-electron chi connectivity index (χ2n) is 4.50. The summed E-state index contributed by atoms with van der Waals surface area (Å²) in [5.41, 5.74) is 2.57. The van der Waals surface area contributed by atoms with E-state index in [1.165, 1.54) is 0 Å². The van der Waals surface area contributed by atoms with E-state index < -0.39 is 5.97 Å². The first kappa shape index (κ1) is 13.1. The second kappa shape index (κ2) is 5.14. The third-order valence-corrected chi connectivity index (χ3v) is 2.77. The fourth-order valence-corrected chi connectivity index (χ4v) is 2.00. The molecule has 0 aliphatic rings. The predicted octanol–water partition coefficient (Wildman–Crippen LogP) is 2.25. The van der Waals surface area contributed by atoms with Gasteiger partial charge in [0.2, 0.25) is 0 Å². The van der Waals surface area contributed by atoms with Crippen LogP contribution in [0.1, 0.15) is 12.7 Å². The molecule has 0 aliphatic heterocycles. The number of carboxylic acid groups (broad SMARTS) is 1. The number of benzene rings is 1. The first-order valence-electron chi connectivity index (χ1n) is 5.90. The van der Waals surface area contributed by atoms with Crippen LogP contribution in [0.2, 0.25) is 0 Å². The van der Waals surface area contributed by atoms with Crippen LogP contribution in [0.3, 0.4) is 0 Å². The molecule has 1 aromatic carbocycles. The maximum Gasteiger partial charge on any atom is 0.311 e. The van der Waals surface area contributed by atoms with E-state index in [0.717, 1.165) is 16.6 Å². The maximum absolute atomic E-state index is 10.9. The van der Waals surface area contributed by atoms with Crippen molar-refractivity contribution in [1.82, 2.24) is 9.55 Å². The van der Waals surface area contributed by atoms with E-state index in [9.17, 15) is 4.79 Å². The molecule has 1 aromatic heterocycles. The Bertz CT molecular complexity index is 643. The van der Waals surface area contributed by atoms with Crippen LogP contribution < -0.4 is 4.74 Å². The van der Waals surface area contributed by atoms with Gasteiger partial charge in [0.1, 0.15) is 18.0 Å². The van der Waals surface area contributed by atoms with E-state index in [4.69, 9.17) is 9.84 Å². The summed E-state index contributed by atoms with van der Waals surface area (Å²) in [4.78, 5) is 15.3. The predicted molar refractivity (Wildman–Crippen MR) is 72.4 cm³/mol. The molecule has 19 heavy (non-hydrogen) atoms. The molecule has 0 saturated carbocycles. The third-order valence-electron chi connectivity index (χ3n) is 2.77. The van der Waals surface area contributed by atoms with Crippen molar-refractivity contribution in [2.75, 3.05) is 7.11 Å². The van der Waals surface area contributed by atoms with Crippen molar-refractivity contribution in [3.05, 3.63) is 36.2 Å². The number of aromatic nitrogens is 2. The highest BCUT2D eigenvalue weighted by molar-refractivity contribution is 5.79. The summed E-state index contributed by atoms with van der Waals surface area (Å²) in [6.45, 7) is 6.33. The van der Waals surface area contributed by atoms with Crippen LogP contribution in [0, 0.1) is 0 Å². The van der Waals surface area contributed by atoms with Crippen molar-refractivity contribution >= 4 is 17.0 Å². The molecule has 1 heterocycles. The van der Waals surface area contributed by atoms with E-state index in [1.807, 2.05) is 23.6 Å². The SMILES string of the molecule is C=C(C)Cn1c(CC(=O)O)nc2cc(OC)ccc21. The minimum atomic E-state index is -0.898. The number of rotatable bonds is 5. The van der Waals surface area contributed by atoms with Crippen LogP contribution in [-0.2, 0) is 17.8 Å². The molecule has 100 valence electrons. The Morgan fingerprint density at radius 2 is 2.26 bits per heavy atom. The lowest BCUT2D eigenvalue weighted by atomic mass is 10.2. The fourth-order valence-electron chi connectivity index (χ4n) is 2.00. The van der Waals surface area contributed by atoms with Gasteiger partial charge in [-0.25, -0.2) is 4.98 Å². The van der Waals surface area contributed by atoms with Gasteiger partial charge in [0, 0.05) is 12.6 Å². The van der Waals surface area contributed by atoms with Crippen LogP contribution in [-0.4, -0.2) is 27.7 Å². The molecule has 2 aromatic rings. The zero-order valence-corrected chi connectivity index (χ0v) is 11.0. The van der Waals surface area contributed by atoms with E-state index in [-0.39, 0.29) is 6.42 Å². The number of ether oxygens (including phenoxy) is 1. The van der Waals surface area contributed by atoms with Crippen LogP contribution in [0.4, 0.5) is 0 Å². The summed E-state index contributed by atoms with van der Waals surface area (Å²) in [7, 11) is 1.59. The molecule has 1 N–H and O–H groups in total. The molecular weight excluding hydrogens is 244 g/mol. The molecule has 5 heteroatoms. The van der Waals surface area contributed by atoms with Crippen molar-refractivity contribution in [1.29, 1.82) is 0 Å². The molecular formula is C14H16N2O3. The summed E-state index contributed by atoms with van der Waals surface area (Å²) in [6.07, 6.45) is -0.107. The number of methoxy groups -OCH3 is 1. The van der Waals surface area contributed by atoms with Gasteiger partial charge in [-0.2, -0.15) is 0 Å². The topological polar surface area (TPSA) is 64.4 Å². The number of allylic oxidation sites excluding steroid dienone is 1. The number of fused-ring (bicyclic) bond motifs is 1. The monoisotopic (exact) mass is 260 g/mol. The number of hydrogen-bond donors (Lipinski definition) is 1. The highest BCUT2D eigenvalue weighted by Gasteiger charge is 2.14. The molecule has 0 spiro atoms. The second-order valence-corrected chi connectivity index (χ2v) is 4.50. The molecule has 0 unspecified atom stereocenters. The van der Waals surface area contributed by atoms with Gasteiger partial charge in [-0.15, -0.1) is 0 Å². The highest BCUT2D eigenvalue weighted by Crippen LogP contribution is 2.22. The zero-order chi connectivity index (χ0) is 14.0. The molecule has 0 amide bonds. The molecule has 0 atom stereocenters. The van der Waals surface area contributed by atoms with E-state index in [1.54, 1.807) is 13.2 Å². The van der Waals surface area contributed by atoms with Gasteiger partial charge >= 0.3 is 5.97 Å². The van der Waals surface area contributed by atoms with Gasteiger partial charge in [0.05, 0.1) is 18.1 Å². The fraction of sp³-hybridized carbons (Fsp3) is 0.286. The minimum absolute atomic E-state index is 0.107. The molecule has 0 fully saturated rings. The highest BCUT2D eigenvalue weighted by atomic mass is 16.5. The average molecular weight is 260 g/mol. The number of imidazole rings is 1. The van der Waals surface area contributed by atoms with Crippen LogP contribution in [0.15, 0.2) is 30.4 Å². The van der Waals surface area contributed by atoms with Crippen molar-refractivity contribution in [3.8, 4) is 5.75 Å². The van der Waals surface area contributed by atoms with Crippen molar-refractivity contribution < 1.29 is 14.6 Å². The summed E-state index contributed by atoms with van der Waals surface area (Å²) in [5.74, 6) is 0.332. The lowest BCUT2D eigenvalue weighted by molar-refractivity contribution is -0.136. The van der Waals surface area contributed by atoms with Crippen LogP contribution >= 0.6 is 0 Å². The van der Waals surface area contributed by atoms with E-state index in [2.05, 4.69) is 11.6 Å². The molecule has 0 radical (unpaired) electrons. The van der Waals surface area contributed by atoms with Crippen molar-refractivity contribution in [2.24, 2.45) is 0 Å². The first-order chi connectivity index (χ1) is 9.01. The normalized spacial score (nSPS) is 10.6. The Hall–Kier alpha value is -2.30. The Balaban J connectivity index is 2.57. The average Bonchev–Trinajstić information content (AvgIpc) is 2.65. The summed E-state index contributed by atoms with van der Waals surface area (Å²) < 4.78 is 7.03. The Labute approximate surface area is 111 Å². The molecule has 5 nitrogen and oxygen atoms in total. The Morgan fingerprint density at radius 1 is 1.53 bits per heavy atom. The van der Waals surface area contributed by atoms with Gasteiger partial charge in [-0.3, -0.25) is 4.79 Å². The van der Waals surface area contributed by atoms with Crippen LogP contribution in [0.25, 0.3) is 11.0 Å². The maximum atomic E-state index is 10.9. The quantitative estimate of drug-likeness (QED) is 0.837. The minimum Gasteiger partial charge on any atom is -0.497 e. The lowest BCUT2D eigenvalue weighted by Crippen LogP contribution is -2.09. The number of nitrogens with zero attached hydrogens (tertiary/aromatic N) is 2. The molecule has 2 rings (SSSR count). The summed E-state index contributed by atoms with van der Waals surface area (Å²) in [6, 6.07) is 5.52. The summed E-state index contributed by atoms with van der Waals surface area (Å²) >= 11 is 0. The van der Waals surface area contributed by atoms with Gasteiger partial charge in [-0.1, -0.05) is 12.2 Å². The van der Waals surface area contributed by atoms with Gasteiger partial charge in [-0.05, 0) is 19.1 Å². The largest absolute Gasteiger partial charge is 0.497 e. The number of carboxylic acids is 1. The number of carbonyl (C=O) groups is 1. The standard InChI is InChI=1S/C14H16N2O3/c1-9(2)8-16-12-5-4-10(19-3)6-11(12)15-13(16)7-14(17)18/h4-6H,1,7-8H2,2-3H3,(H,17,18). The Kier molecular flexibility index (Phi) is 3.55. The van der Waals surface area contributed by atoms with E-state index in [0.29, 0.717) is 18.1 Å². The summed E-state index contributed by atoms with van der Waals surface area (Å²) in [5, 5.41) is 8.95. The van der Waals surface area contributed by atoms with Gasteiger partial charge in [0.25, 0.3) is 0 Å². The zero-order valence-electron chi connectivity index (χ0n) is 11.0. The smallest absolute Gasteiger partial charge is 0.311 e. The number of aliphatic carboxylic acids is 1. The van der Waals surface area contributed by atoms with Crippen molar-refractivity contribution in [2.45, 2.75) is 19.9 Å². The molecule has 0 bridgehead atoms. The number of hydrogen-bond acceptors (Lipinski definition) is 3. The van der Waals surface area contributed by atoms with Crippen molar-refractivity contribution in [3.63, 3.8) is 0 Å². The Morgan fingerprint density at radius 3 is 2.84 bits per heavy atom. The molecule has 0 saturated heterocycles. The van der Waals surface area contributed by atoms with E-state index >= 15 is 0 Å². The lowest BCUT2D eigenvalue weighted by Gasteiger charge is -2.07.